The Morgan fingerprint density at radius 2 is 2.33 bits per heavy atom. The zero-order valence-electron chi connectivity index (χ0n) is 8.04. The van der Waals surface area contributed by atoms with Crippen LogP contribution in [-0.4, -0.2) is 51.4 Å². The van der Waals surface area contributed by atoms with Gasteiger partial charge in [0.25, 0.3) is 0 Å². The molecule has 1 rings (SSSR count). The molecule has 4 nitrogen and oxygen atoms in total. The van der Waals surface area contributed by atoms with Crippen LogP contribution in [-0.2, 0) is 9.57 Å². The molecule has 4 heteroatoms. The summed E-state index contributed by atoms with van der Waals surface area (Å²) < 4.78 is 5.27. The maximum absolute atomic E-state index is 5.27. The van der Waals surface area contributed by atoms with E-state index in [1.807, 2.05) is 0 Å². The molecule has 0 spiro atoms. The number of hydrogen-bond acceptors (Lipinski definition) is 4. The summed E-state index contributed by atoms with van der Waals surface area (Å²) in [6, 6.07) is 0.488. The molecular weight excluding hydrogens is 156 g/mol. The van der Waals surface area contributed by atoms with Gasteiger partial charge < -0.3 is 9.57 Å². The average molecular weight is 174 g/mol. The van der Waals surface area contributed by atoms with Crippen molar-refractivity contribution in [2.24, 2.45) is 0 Å². The number of nitrogens with one attached hydrogen (secondary N) is 1. The van der Waals surface area contributed by atoms with Gasteiger partial charge >= 0.3 is 0 Å². The lowest BCUT2D eigenvalue weighted by molar-refractivity contribution is 0.0245. The van der Waals surface area contributed by atoms with Crippen molar-refractivity contribution in [2.75, 3.05) is 34.4 Å². The molecule has 0 saturated carbocycles. The highest BCUT2D eigenvalue weighted by molar-refractivity contribution is 4.83. The van der Waals surface area contributed by atoms with Gasteiger partial charge in [-0.3, -0.25) is 4.90 Å². The van der Waals surface area contributed by atoms with Crippen molar-refractivity contribution in [3.63, 3.8) is 0 Å². The molecule has 2 atom stereocenters. The SMILES string of the molecule is CNOCC1CC(OC)CN1C. The van der Waals surface area contributed by atoms with Crippen LogP contribution in [0.4, 0.5) is 0 Å². The second kappa shape index (κ2) is 4.77. The molecular formula is C8H18N2O2. The topological polar surface area (TPSA) is 33.7 Å². The molecule has 72 valence electrons. The van der Waals surface area contributed by atoms with E-state index in [0.717, 1.165) is 19.6 Å². The van der Waals surface area contributed by atoms with Crippen molar-refractivity contribution in [1.29, 1.82) is 0 Å². The van der Waals surface area contributed by atoms with Crippen molar-refractivity contribution in [3.05, 3.63) is 0 Å². The van der Waals surface area contributed by atoms with Gasteiger partial charge in [-0.1, -0.05) is 0 Å². The van der Waals surface area contributed by atoms with Gasteiger partial charge in [-0.25, -0.2) is 5.48 Å². The van der Waals surface area contributed by atoms with Crippen LogP contribution in [0, 0.1) is 0 Å². The highest BCUT2D eigenvalue weighted by Gasteiger charge is 2.29. The monoisotopic (exact) mass is 174 g/mol. The number of hydrogen-bond donors (Lipinski definition) is 1. The summed E-state index contributed by atoms with van der Waals surface area (Å²) in [5.41, 5.74) is 2.68. The summed E-state index contributed by atoms with van der Waals surface area (Å²) in [5, 5.41) is 0. The Kier molecular flexibility index (Phi) is 3.94. The second-order valence-electron chi connectivity index (χ2n) is 3.20. The molecule has 1 aliphatic rings. The largest absolute Gasteiger partial charge is 0.380 e. The van der Waals surface area contributed by atoms with E-state index < -0.39 is 0 Å². The van der Waals surface area contributed by atoms with Crippen LogP contribution in [0.5, 0.6) is 0 Å². The van der Waals surface area contributed by atoms with E-state index in [-0.39, 0.29) is 0 Å². The standard InChI is InChI=1S/C8H18N2O2/c1-9-12-6-7-4-8(11-3)5-10(7)2/h7-9H,4-6H2,1-3H3. The second-order valence-corrected chi connectivity index (χ2v) is 3.20. The molecule has 2 unspecified atom stereocenters. The van der Waals surface area contributed by atoms with E-state index >= 15 is 0 Å². The number of likely N-dealkylation sites (N-methyl/N-ethyl adjacent to an activating group) is 1. The van der Waals surface area contributed by atoms with Gasteiger partial charge in [0.1, 0.15) is 0 Å². The molecule has 0 amide bonds. The van der Waals surface area contributed by atoms with Gasteiger partial charge in [0.05, 0.1) is 12.7 Å². The molecule has 1 aliphatic heterocycles. The molecule has 12 heavy (non-hydrogen) atoms. The quantitative estimate of drug-likeness (QED) is 0.601. The Hall–Kier alpha value is -0.160. The molecule has 1 saturated heterocycles. The van der Waals surface area contributed by atoms with Crippen LogP contribution >= 0.6 is 0 Å². The van der Waals surface area contributed by atoms with E-state index in [2.05, 4.69) is 17.4 Å². The van der Waals surface area contributed by atoms with Gasteiger partial charge in [-0.15, -0.1) is 0 Å². The van der Waals surface area contributed by atoms with Crippen LogP contribution in [0.15, 0.2) is 0 Å². The van der Waals surface area contributed by atoms with Crippen molar-refractivity contribution in [2.45, 2.75) is 18.6 Å². The number of nitrogens with zero attached hydrogens (tertiary/aromatic N) is 1. The third-order valence-corrected chi connectivity index (χ3v) is 2.40. The van der Waals surface area contributed by atoms with E-state index in [4.69, 9.17) is 9.57 Å². The van der Waals surface area contributed by atoms with Crippen molar-refractivity contribution >= 4 is 0 Å². The van der Waals surface area contributed by atoms with Crippen molar-refractivity contribution in [1.82, 2.24) is 10.4 Å². The summed E-state index contributed by atoms with van der Waals surface area (Å²) in [6.45, 7) is 1.74. The first-order chi connectivity index (χ1) is 5.77. The van der Waals surface area contributed by atoms with Crippen LogP contribution in [0.3, 0.4) is 0 Å². The summed E-state index contributed by atoms with van der Waals surface area (Å²) in [7, 11) is 5.64. The molecule has 1 fully saturated rings. The van der Waals surface area contributed by atoms with E-state index in [0.29, 0.717) is 12.1 Å². The highest BCUT2D eigenvalue weighted by Crippen LogP contribution is 2.17. The molecule has 1 heterocycles. The number of likely N-dealkylation sites (tertiary alicyclic amines) is 1. The maximum Gasteiger partial charge on any atom is 0.0838 e. The van der Waals surface area contributed by atoms with Crippen LogP contribution < -0.4 is 5.48 Å². The first-order valence-corrected chi connectivity index (χ1v) is 4.29. The lowest BCUT2D eigenvalue weighted by Gasteiger charge is -2.17. The van der Waals surface area contributed by atoms with Crippen molar-refractivity contribution < 1.29 is 9.57 Å². The minimum Gasteiger partial charge on any atom is -0.380 e. The first kappa shape index (κ1) is 9.92. The minimum atomic E-state index is 0.375. The third kappa shape index (κ3) is 2.42. The zero-order valence-corrected chi connectivity index (χ0v) is 8.04. The molecule has 0 aromatic rings. The van der Waals surface area contributed by atoms with Gasteiger partial charge in [0.2, 0.25) is 0 Å². The van der Waals surface area contributed by atoms with E-state index in [1.54, 1.807) is 14.2 Å². The smallest absolute Gasteiger partial charge is 0.0838 e. The Bertz CT molecular complexity index is 132. The lowest BCUT2D eigenvalue weighted by Crippen LogP contribution is -2.31. The summed E-state index contributed by atoms with van der Waals surface area (Å²) in [6.07, 6.45) is 1.44. The van der Waals surface area contributed by atoms with E-state index in [1.165, 1.54) is 0 Å². The molecule has 0 aromatic heterocycles. The summed E-state index contributed by atoms with van der Waals surface area (Å²) >= 11 is 0. The maximum atomic E-state index is 5.27. The van der Waals surface area contributed by atoms with Crippen LogP contribution in [0.1, 0.15) is 6.42 Å². The number of ether oxygens (including phenoxy) is 1. The van der Waals surface area contributed by atoms with Crippen LogP contribution in [0.2, 0.25) is 0 Å². The number of hydroxylamine groups is 1. The first-order valence-electron chi connectivity index (χ1n) is 4.29. The van der Waals surface area contributed by atoms with Gasteiger partial charge in [0, 0.05) is 26.7 Å². The Morgan fingerprint density at radius 1 is 1.58 bits per heavy atom. The molecule has 0 bridgehead atoms. The highest BCUT2D eigenvalue weighted by atomic mass is 16.6. The number of rotatable bonds is 4. The average Bonchev–Trinajstić information content (AvgIpc) is 2.43. The fourth-order valence-corrected chi connectivity index (χ4v) is 1.57. The number of methoxy groups -OCH3 is 1. The fourth-order valence-electron chi connectivity index (χ4n) is 1.57. The Labute approximate surface area is 73.8 Å². The summed E-state index contributed by atoms with van der Waals surface area (Å²) in [4.78, 5) is 7.40. The van der Waals surface area contributed by atoms with Gasteiger partial charge in [-0.05, 0) is 13.5 Å². The molecule has 1 N–H and O–H groups in total. The van der Waals surface area contributed by atoms with Crippen LogP contribution in [0.25, 0.3) is 0 Å². The van der Waals surface area contributed by atoms with Gasteiger partial charge in [0.15, 0.2) is 0 Å². The predicted octanol–water partition coefficient (Wildman–Crippen LogP) is -0.143. The van der Waals surface area contributed by atoms with E-state index in [9.17, 15) is 0 Å². The zero-order chi connectivity index (χ0) is 8.97. The molecule has 0 aromatic carbocycles. The van der Waals surface area contributed by atoms with Crippen molar-refractivity contribution in [3.8, 4) is 0 Å². The minimum absolute atomic E-state index is 0.375. The molecule has 0 aliphatic carbocycles. The Balaban J connectivity index is 2.25. The third-order valence-electron chi connectivity index (χ3n) is 2.40. The fraction of sp³-hybridized carbons (Fsp3) is 1.00. The predicted molar refractivity (Wildman–Crippen MR) is 46.8 cm³/mol. The lowest BCUT2D eigenvalue weighted by atomic mass is 10.2. The summed E-state index contributed by atoms with van der Waals surface area (Å²) in [5.74, 6) is 0. The normalized spacial score (nSPS) is 31.2. The molecule has 0 radical (unpaired) electrons. The Morgan fingerprint density at radius 3 is 2.83 bits per heavy atom. The van der Waals surface area contributed by atoms with Gasteiger partial charge in [-0.2, -0.15) is 0 Å².